The number of amides is 2. The number of nitrogens with one attached hydrogen (secondary N) is 3. The third-order valence-corrected chi connectivity index (χ3v) is 7.35. The number of aromatic amines is 1. The number of hydrogen-bond donors (Lipinski definition) is 5. The van der Waals surface area contributed by atoms with Gasteiger partial charge >= 0.3 is 5.97 Å². The summed E-state index contributed by atoms with van der Waals surface area (Å²) in [4.78, 5) is 43.3. The number of carboxylic acid groups (broad SMARTS) is 1. The number of aliphatic carboxylic acids is 1. The summed E-state index contributed by atoms with van der Waals surface area (Å²) >= 11 is 0. The molecule has 2 radical (unpaired) electrons. The predicted octanol–water partition coefficient (Wildman–Crippen LogP) is 7.55. The van der Waals surface area contributed by atoms with Gasteiger partial charge in [-0.25, -0.2) is 4.98 Å². The Morgan fingerprint density at radius 2 is 1.24 bits per heavy atom. The summed E-state index contributed by atoms with van der Waals surface area (Å²) in [6.07, 6.45) is -0.485. The van der Waals surface area contributed by atoms with Crippen molar-refractivity contribution in [1.82, 2.24) is 9.97 Å². The Bertz CT molecular complexity index is 1670. The van der Waals surface area contributed by atoms with Gasteiger partial charge in [0, 0.05) is 52.0 Å². The number of phenolic OH excluding ortho intramolecular Hbond substituents is 1. The molecule has 0 fully saturated rings. The zero-order valence-electron chi connectivity index (χ0n) is 26.5. The molecule has 9 nitrogen and oxygen atoms in total. The average Bonchev–Trinajstić information content (AvgIpc) is 3.41. The molecule has 4 rings (SSSR count). The first kappa shape index (κ1) is 33.0. The minimum Gasteiger partial charge on any atom is -0.507 e. The number of imidazole rings is 1. The Kier molecular flexibility index (Phi) is 9.51. The van der Waals surface area contributed by atoms with Gasteiger partial charge in [-0.3, -0.25) is 14.4 Å². The molecule has 0 atom stereocenters. The fraction of sp³-hybridized carbons (Fsp3) is 0.306. The van der Waals surface area contributed by atoms with E-state index in [1.54, 1.807) is 24.3 Å². The molecule has 1 aromatic heterocycles. The van der Waals surface area contributed by atoms with Crippen molar-refractivity contribution in [3.05, 3.63) is 78.7 Å². The van der Waals surface area contributed by atoms with E-state index in [9.17, 15) is 19.5 Å². The van der Waals surface area contributed by atoms with Gasteiger partial charge in [0.15, 0.2) is 0 Å². The Morgan fingerprint density at radius 3 is 1.71 bits per heavy atom. The van der Waals surface area contributed by atoms with Gasteiger partial charge in [0.25, 0.3) is 0 Å². The van der Waals surface area contributed by atoms with E-state index in [1.165, 1.54) is 0 Å². The van der Waals surface area contributed by atoms with Crippen LogP contribution in [-0.2, 0) is 25.2 Å². The summed E-state index contributed by atoms with van der Waals surface area (Å²) in [5.74, 6) is -0.814. The van der Waals surface area contributed by atoms with Crippen LogP contribution in [0.15, 0.2) is 60.7 Å². The van der Waals surface area contributed by atoms with Crippen LogP contribution in [0.25, 0.3) is 33.9 Å². The van der Waals surface area contributed by atoms with Gasteiger partial charge in [0.05, 0.1) is 17.8 Å². The van der Waals surface area contributed by atoms with Crippen molar-refractivity contribution >= 4 is 29.2 Å². The first-order chi connectivity index (χ1) is 21.1. The smallest absolute Gasteiger partial charge is 0.303 e. The highest BCUT2D eigenvalue weighted by Gasteiger charge is 2.28. The molecule has 2 amide bonds. The number of H-pyrrole nitrogens is 1. The minimum atomic E-state index is -1.03. The molecule has 1 heterocycles. The molecular formula is C36H40N4O5. The largest absolute Gasteiger partial charge is 0.507 e. The highest BCUT2D eigenvalue weighted by atomic mass is 16.4. The van der Waals surface area contributed by atoms with Crippen LogP contribution in [-0.4, -0.2) is 38.0 Å². The maximum Gasteiger partial charge on any atom is 0.303 e. The van der Waals surface area contributed by atoms with Crippen molar-refractivity contribution in [1.29, 1.82) is 0 Å². The lowest BCUT2D eigenvalue weighted by atomic mass is 9.78. The van der Waals surface area contributed by atoms with E-state index in [1.807, 2.05) is 36.4 Å². The molecule has 3 aromatic carbocycles. The Morgan fingerprint density at radius 1 is 0.756 bits per heavy atom. The number of aromatic nitrogens is 2. The van der Waals surface area contributed by atoms with Crippen molar-refractivity contribution in [3.63, 3.8) is 0 Å². The number of aromatic hydroxyl groups is 1. The number of phenols is 1. The van der Waals surface area contributed by atoms with Crippen LogP contribution in [0, 0.1) is 6.92 Å². The molecular weight excluding hydrogens is 568 g/mol. The minimum absolute atomic E-state index is 0.118. The fourth-order valence-corrected chi connectivity index (χ4v) is 4.93. The second kappa shape index (κ2) is 13.0. The summed E-state index contributed by atoms with van der Waals surface area (Å²) in [7, 11) is 0. The molecule has 5 N–H and O–H groups in total. The number of carboxylic acids is 1. The van der Waals surface area contributed by atoms with Gasteiger partial charge < -0.3 is 25.8 Å². The molecule has 9 heteroatoms. The summed E-state index contributed by atoms with van der Waals surface area (Å²) in [5.41, 5.74) is 5.95. The van der Waals surface area contributed by atoms with Crippen molar-refractivity contribution < 1.29 is 24.6 Å². The number of benzene rings is 3. The summed E-state index contributed by atoms with van der Waals surface area (Å²) in [6, 6.07) is 18.4. The van der Waals surface area contributed by atoms with Crippen molar-refractivity contribution in [3.8, 4) is 39.7 Å². The topological polar surface area (TPSA) is 144 Å². The Hall–Kier alpha value is -4.92. The predicted molar refractivity (Wildman–Crippen MR) is 177 cm³/mol. The van der Waals surface area contributed by atoms with Crippen LogP contribution in [0.3, 0.4) is 0 Å². The zero-order valence-corrected chi connectivity index (χ0v) is 26.5. The number of hydrogen-bond acceptors (Lipinski definition) is 5. The second-order valence-electron chi connectivity index (χ2n) is 13.1. The first-order valence-electron chi connectivity index (χ1n) is 14.8. The molecule has 45 heavy (non-hydrogen) atoms. The van der Waals surface area contributed by atoms with Crippen LogP contribution in [0.5, 0.6) is 5.75 Å². The molecule has 0 aliphatic rings. The van der Waals surface area contributed by atoms with E-state index in [0.29, 0.717) is 22.9 Å². The first-order valence-corrected chi connectivity index (χ1v) is 14.8. The maximum atomic E-state index is 12.2. The SMILES string of the molecule is [CH]CC(=O)Nc1ccc(-c2nc(-c3cc(C(C)(C)C)c(O)c(C(C)(C)C)c3)[nH]c2-c2ccc(NC(=O)CCC(=O)O)cc2)cc1. The van der Waals surface area contributed by atoms with E-state index in [0.717, 1.165) is 33.5 Å². The zero-order chi connectivity index (χ0) is 33.1. The number of carbonyl (C=O) groups excluding carboxylic acids is 2. The van der Waals surface area contributed by atoms with E-state index in [2.05, 4.69) is 57.2 Å². The molecule has 0 aliphatic heterocycles. The lowest BCUT2D eigenvalue weighted by Gasteiger charge is -2.28. The molecule has 4 aromatic rings. The Balaban J connectivity index is 1.82. The molecule has 0 saturated carbocycles. The Labute approximate surface area is 264 Å². The third kappa shape index (κ3) is 7.98. The number of nitrogens with zero attached hydrogens (tertiary/aromatic N) is 1. The standard InChI is InChI=1S/C36H40N4O5/c1-8-28(41)37-24-13-9-21(10-14-24)31-32(22-11-15-25(16-12-22)38-29(42)17-18-30(43)44)40-34(39-31)23-19-26(35(2,3)4)33(45)27(20-23)36(5,6)7/h1,9-16,19-20,45H,8,17-18H2,2-7H3,(H,37,41)(H,38,42)(H,39,40)(H,43,44). The monoisotopic (exact) mass is 608 g/mol. The lowest BCUT2D eigenvalue weighted by Crippen LogP contribution is -2.17. The van der Waals surface area contributed by atoms with Gasteiger partial charge in [-0.05, 0) is 54.2 Å². The number of carbonyl (C=O) groups is 3. The molecule has 0 aliphatic carbocycles. The quantitative estimate of drug-likeness (QED) is 0.133. The average molecular weight is 609 g/mol. The van der Waals surface area contributed by atoms with Gasteiger partial charge in [-0.1, -0.05) is 65.8 Å². The maximum absolute atomic E-state index is 12.2. The van der Waals surface area contributed by atoms with E-state index in [-0.39, 0.29) is 47.7 Å². The third-order valence-electron chi connectivity index (χ3n) is 7.35. The molecule has 0 unspecified atom stereocenters. The summed E-state index contributed by atoms with van der Waals surface area (Å²) < 4.78 is 0. The molecule has 0 bridgehead atoms. The van der Waals surface area contributed by atoms with Crippen molar-refractivity contribution in [2.24, 2.45) is 0 Å². The normalized spacial score (nSPS) is 11.7. The van der Waals surface area contributed by atoms with Crippen LogP contribution in [0.4, 0.5) is 11.4 Å². The summed E-state index contributed by atoms with van der Waals surface area (Å²) in [6.45, 7) is 17.8. The number of rotatable bonds is 9. The molecule has 234 valence electrons. The van der Waals surface area contributed by atoms with Crippen LogP contribution in [0.2, 0.25) is 0 Å². The number of anilines is 2. The van der Waals surface area contributed by atoms with Crippen molar-refractivity contribution in [2.75, 3.05) is 10.6 Å². The lowest BCUT2D eigenvalue weighted by molar-refractivity contribution is -0.138. The van der Waals surface area contributed by atoms with E-state index in [4.69, 9.17) is 17.0 Å². The summed E-state index contributed by atoms with van der Waals surface area (Å²) in [5, 5.41) is 25.6. The van der Waals surface area contributed by atoms with Gasteiger partial charge in [-0.2, -0.15) is 0 Å². The van der Waals surface area contributed by atoms with Gasteiger partial charge in [-0.15, -0.1) is 0 Å². The molecule has 0 spiro atoms. The highest BCUT2D eigenvalue weighted by Crippen LogP contribution is 2.43. The van der Waals surface area contributed by atoms with E-state index < -0.39 is 5.97 Å². The van der Waals surface area contributed by atoms with Crippen LogP contribution < -0.4 is 10.6 Å². The highest BCUT2D eigenvalue weighted by molar-refractivity contribution is 5.93. The molecule has 0 saturated heterocycles. The van der Waals surface area contributed by atoms with E-state index >= 15 is 0 Å². The van der Waals surface area contributed by atoms with Gasteiger partial charge in [0.1, 0.15) is 11.6 Å². The second-order valence-corrected chi connectivity index (χ2v) is 13.1. The van der Waals surface area contributed by atoms with Crippen molar-refractivity contribution in [2.45, 2.75) is 71.6 Å². The van der Waals surface area contributed by atoms with Gasteiger partial charge in [0.2, 0.25) is 11.8 Å². The fourth-order valence-electron chi connectivity index (χ4n) is 4.93. The van der Waals surface area contributed by atoms with Crippen LogP contribution in [0.1, 0.15) is 71.9 Å². The van der Waals surface area contributed by atoms with Crippen LogP contribution >= 0.6 is 0 Å².